The van der Waals surface area contributed by atoms with Crippen LogP contribution in [0.2, 0.25) is 0 Å². The lowest BCUT2D eigenvalue weighted by atomic mass is 10.1. The summed E-state index contributed by atoms with van der Waals surface area (Å²) in [5.74, 6) is -0.609. The lowest BCUT2D eigenvalue weighted by Gasteiger charge is -2.18. The molecule has 0 radical (unpaired) electrons. The molecular formula is C17H19N3O4S2. The minimum absolute atomic E-state index is 0.0835. The van der Waals surface area contributed by atoms with E-state index < -0.39 is 21.5 Å². The third-order valence-corrected chi connectivity index (χ3v) is 5.83. The number of hydrogen-bond acceptors (Lipinski definition) is 6. The maximum atomic E-state index is 12.3. The number of benzene rings is 1. The highest BCUT2D eigenvalue weighted by Crippen LogP contribution is 2.25. The molecule has 0 saturated carbocycles. The Balaban J connectivity index is 1.79. The van der Waals surface area contributed by atoms with E-state index in [-0.39, 0.29) is 10.9 Å². The minimum atomic E-state index is -3.83. The molecule has 2 aromatic heterocycles. The molecule has 2 heterocycles. The highest BCUT2D eigenvalue weighted by atomic mass is 32.2. The number of nitrogens with zero attached hydrogens (tertiary/aromatic N) is 1. The van der Waals surface area contributed by atoms with Crippen LogP contribution in [0, 0.1) is 6.92 Å². The number of aromatic nitrogens is 1. The van der Waals surface area contributed by atoms with E-state index in [0.29, 0.717) is 5.69 Å². The molecule has 0 aliphatic carbocycles. The number of sulfonamides is 1. The molecule has 9 heteroatoms. The Labute approximate surface area is 155 Å². The lowest BCUT2D eigenvalue weighted by molar-refractivity contribution is 0.0991. The minimum Gasteiger partial charge on any atom is -0.438 e. The molecule has 7 nitrogen and oxygen atoms in total. The predicted molar refractivity (Wildman–Crippen MR) is 101 cm³/mol. The number of hydrogen-bond donors (Lipinski definition) is 2. The summed E-state index contributed by atoms with van der Waals surface area (Å²) in [6.07, 6.45) is 0. The van der Waals surface area contributed by atoms with Gasteiger partial charge >= 0.3 is 0 Å². The smallest absolute Gasteiger partial charge is 0.291 e. The molecule has 0 saturated heterocycles. The summed E-state index contributed by atoms with van der Waals surface area (Å²) in [7, 11) is -3.83. The predicted octanol–water partition coefficient (Wildman–Crippen LogP) is 3.53. The summed E-state index contributed by atoms with van der Waals surface area (Å²) < 4.78 is 33.2. The van der Waals surface area contributed by atoms with Crippen molar-refractivity contribution in [1.29, 1.82) is 0 Å². The Bertz CT molecular complexity index is 1080. The summed E-state index contributed by atoms with van der Waals surface area (Å²) in [6.45, 7) is 7.08. The van der Waals surface area contributed by atoms with E-state index in [1.165, 1.54) is 23.5 Å². The number of nitrogens with one attached hydrogen (secondary N) is 2. The second-order valence-corrected chi connectivity index (χ2v) is 9.69. The van der Waals surface area contributed by atoms with Gasteiger partial charge in [-0.3, -0.25) is 4.79 Å². The molecule has 0 fully saturated rings. The van der Waals surface area contributed by atoms with Gasteiger partial charge in [-0.15, -0.1) is 11.3 Å². The van der Waals surface area contributed by atoms with E-state index in [9.17, 15) is 13.2 Å². The number of anilines is 1. The number of carbonyl (C=O) groups excluding carboxylic acids is 1. The van der Waals surface area contributed by atoms with Gasteiger partial charge in [0.2, 0.25) is 5.09 Å². The average Bonchev–Trinajstić information content (AvgIpc) is 3.10. The van der Waals surface area contributed by atoms with Crippen molar-refractivity contribution in [3.63, 3.8) is 0 Å². The highest BCUT2D eigenvalue weighted by Gasteiger charge is 2.26. The van der Waals surface area contributed by atoms with Gasteiger partial charge in [0.15, 0.2) is 5.76 Å². The lowest BCUT2D eigenvalue weighted by Crippen LogP contribution is -2.40. The van der Waals surface area contributed by atoms with Gasteiger partial charge in [-0.2, -0.15) is 0 Å². The second-order valence-electron chi connectivity index (χ2n) is 6.84. The third kappa shape index (κ3) is 4.12. The van der Waals surface area contributed by atoms with Crippen molar-refractivity contribution in [2.24, 2.45) is 0 Å². The van der Waals surface area contributed by atoms with Crippen molar-refractivity contribution >= 4 is 43.2 Å². The fourth-order valence-corrected chi connectivity index (χ4v) is 4.57. The number of fused-ring (bicyclic) bond motifs is 1. The summed E-state index contributed by atoms with van der Waals surface area (Å²) in [5.41, 5.74) is 0.793. The third-order valence-electron chi connectivity index (χ3n) is 3.26. The van der Waals surface area contributed by atoms with Gasteiger partial charge in [0.1, 0.15) is 0 Å². The summed E-state index contributed by atoms with van der Waals surface area (Å²) in [6, 6.07) is 7.97. The molecule has 0 unspecified atom stereocenters. The maximum Gasteiger partial charge on any atom is 0.291 e. The van der Waals surface area contributed by atoms with E-state index in [1.54, 1.807) is 26.8 Å². The van der Waals surface area contributed by atoms with E-state index in [0.717, 1.165) is 15.2 Å². The van der Waals surface area contributed by atoms with Gasteiger partial charge in [-0.25, -0.2) is 18.1 Å². The molecule has 0 aliphatic rings. The molecule has 3 rings (SSSR count). The zero-order chi connectivity index (χ0) is 19.1. The number of amides is 1. The van der Waals surface area contributed by atoms with Gasteiger partial charge in [0.05, 0.1) is 15.2 Å². The van der Waals surface area contributed by atoms with Crippen LogP contribution in [0.4, 0.5) is 5.69 Å². The van der Waals surface area contributed by atoms with E-state index in [1.807, 2.05) is 19.1 Å². The number of rotatable bonds is 4. The molecule has 3 aromatic rings. The van der Waals surface area contributed by atoms with Crippen LogP contribution < -0.4 is 10.0 Å². The van der Waals surface area contributed by atoms with Gasteiger partial charge in [0.25, 0.3) is 15.9 Å². The van der Waals surface area contributed by atoms with Gasteiger partial charge < -0.3 is 9.73 Å². The van der Waals surface area contributed by atoms with Crippen LogP contribution in [0.3, 0.4) is 0 Å². The van der Waals surface area contributed by atoms with Crippen LogP contribution in [0.5, 0.6) is 0 Å². The fraction of sp³-hybridized carbons (Fsp3) is 0.294. The number of furan rings is 1. The first-order valence-corrected chi connectivity index (χ1v) is 10.2. The number of aryl methyl sites for hydroxylation is 1. The second kappa shape index (κ2) is 6.49. The summed E-state index contributed by atoms with van der Waals surface area (Å²) in [4.78, 5) is 16.7. The summed E-state index contributed by atoms with van der Waals surface area (Å²) >= 11 is 1.53. The van der Waals surface area contributed by atoms with Crippen molar-refractivity contribution in [2.75, 3.05) is 5.32 Å². The zero-order valence-corrected chi connectivity index (χ0v) is 16.4. The van der Waals surface area contributed by atoms with E-state index in [4.69, 9.17) is 4.42 Å². The van der Waals surface area contributed by atoms with Gasteiger partial charge in [-0.1, -0.05) is 0 Å². The molecule has 0 aliphatic heterocycles. The van der Waals surface area contributed by atoms with Crippen molar-refractivity contribution in [3.8, 4) is 0 Å². The average molecular weight is 393 g/mol. The van der Waals surface area contributed by atoms with E-state index >= 15 is 0 Å². The Morgan fingerprint density at radius 2 is 1.92 bits per heavy atom. The topological polar surface area (TPSA) is 101 Å². The number of carbonyl (C=O) groups is 1. The van der Waals surface area contributed by atoms with E-state index in [2.05, 4.69) is 15.0 Å². The normalized spacial score (nSPS) is 12.5. The standard InChI is InChI=1S/C17H19N3O4S2/c1-10-18-12-6-5-11(9-14(12)25-10)19-16(21)13-7-8-15(24-13)26(22,23)20-17(2,3)4/h5-9,20H,1-4H3,(H,19,21). The van der Waals surface area contributed by atoms with Crippen molar-refractivity contribution in [3.05, 3.63) is 41.1 Å². The van der Waals surface area contributed by atoms with Crippen molar-refractivity contribution in [2.45, 2.75) is 38.3 Å². The monoisotopic (exact) mass is 393 g/mol. The van der Waals surface area contributed by atoms with Crippen LogP contribution in [0.1, 0.15) is 36.3 Å². The molecule has 2 N–H and O–H groups in total. The van der Waals surface area contributed by atoms with Crippen molar-refractivity contribution < 1.29 is 17.6 Å². The number of thiazole rings is 1. The maximum absolute atomic E-state index is 12.3. The largest absolute Gasteiger partial charge is 0.438 e. The molecular weight excluding hydrogens is 374 g/mol. The molecule has 0 bridgehead atoms. The summed E-state index contributed by atoms with van der Waals surface area (Å²) in [5, 5.41) is 3.34. The first-order chi connectivity index (χ1) is 12.0. The SMILES string of the molecule is Cc1nc2ccc(NC(=O)c3ccc(S(=O)(=O)NC(C)(C)C)o3)cc2s1. The van der Waals surface area contributed by atoms with Gasteiger partial charge in [-0.05, 0) is 58.0 Å². The highest BCUT2D eigenvalue weighted by molar-refractivity contribution is 7.89. The van der Waals surface area contributed by atoms with Crippen LogP contribution in [0.15, 0.2) is 39.8 Å². The van der Waals surface area contributed by atoms with Gasteiger partial charge in [0, 0.05) is 11.2 Å². The van der Waals surface area contributed by atoms with Crippen LogP contribution >= 0.6 is 11.3 Å². The molecule has 138 valence electrons. The Morgan fingerprint density at radius 3 is 2.62 bits per heavy atom. The fourth-order valence-electron chi connectivity index (χ4n) is 2.35. The molecule has 1 aromatic carbocycles. The quantitative estimate of drug-likeness (QED) is 0.706. The Kier molecular flexibility index (Phi) is 4.63. The van der Waals surface area contributed by atoms with Crippen LogP contribution in [-0.4, -0.2) is 24.8 Å². The molecule has 1 amide bonds. The van der Waals surface area contributed by atoms with Crippen LogP contribution in [0.25, 0.3) is 10.2 Å². The molecule has 0 atom stereocenters. The molecule has 0 spiro atoms. The first-order valence-electron chi connectivity index (χ1n) is 7.86. The Morgan fingerprint density at radius 1 is 1.19 bits per heavy atom. The first kappa shape index (κ1) is 18.6. The molecule has 26 heavy (non-hydrogen) atoms. The van der Waals surface area contributed by atoms with Crippen LogP contribution in [-0.2, 0) is 10.0 Å². The van der Waals surface area contributed by atoms with Crippen molar-refractivity contribution in [1.82, 2.24) is 9.71 Å². The zero-order valence-electron chi connectivity index (χ0n) is 14.8. The Hall–Kier alpha value is -2.23.